The van der Waals surface area contributed by atoms with E-state index < -0.39 is 0 Å². The van der Waals surface area contributed by atoms with Crippen molar-refractivity contribution in [2.24, 2.45) is 0 Å². The number of amides is 1. The lowest BCUT2D eigenvalue weighted by molar-refractivity contribution is -0.135. The Hall–Kier alpha value is -1.86. The first-order chi connectivity index (χ1) is 16.7. The number of hydrogen-bond acceptors (Lipinski definition) is 5. The second-order valence-electron chi connectivity index (χ2n) is 9.59. The smallest absolute Gasteiger partial charge is 0.262 e. The number of aromatic nitrogens is 2. The normalized spacial score (nSPS) is 17.8. The molecule has 2 aliphatic carbocycles. The molecule has 6 nitrogen and oxygen atoms in total. The molecule has 186 valence electrons. The molecule has 0 bridgehead atoms. The van der Waals surface area contributed by atoms with E-state index in [1.54, 1.807) is 4.57 Å². The van der Waals surface area contributed by atoms with Crippen LogP contribution in [0.4, 0.5) is 0 Å². The van der Waals surface area contributed by atoms with Crippen LogP contribution in [0.2, 0.25) is 0 Å². The maximum atomic E-state index is 13.6. The van der Waals surface area contributed by atoms with Gasteiger partial charge in [0.15, 0.2) is 5.16 Å². The van der Waals surface area contributed by atoms with Gasteiger partial charge < -0.3 is 9.64 Å². The van der Waals surface area contributed by atoms with E-state index in [-0.39, 0.29) is 11.5 Å². The highest BCUT2D eigenvalue weighted by molar-refractivity contribution is 7.99. The molecule has 1 aromatic heterocycles. The fraction of sp³-hybridized carbons (Fsp3) is 0.667. The first-order valence-corrected chi connectivity index (χ1v) is 14.2. The molecule has 2 aromatic rings. The summed E-state index contributed by atoms with van der Waals surface area (Å²) in [6.45, 7) is 3.79. The standard InChI is InChI=1S/C27H39N3O3S/c1-2-33-19-11-18-29-26(32)23-16-9-10-17-24(23)28-27(29)34-20-25(31)30(21-12-5-3-6-13-21)22-14-7-4-8-15-22/h9-10,16-17,21-22H,2-8,11-15,18-20H2,1H3. The zero-order valence-electron chi connectivity index (χ0n) is 20.5. The lowest BCUT2D eigenvalue weighted by atomic mass is 9.88. The summed E-state index contributed by atoms with van der Waals surface area (Å²) in [5, 5.41) is 1.27. The molecule has 1 amide bonds. The molecule has 0 saturated heterocycles. The first-order valence-electron chi connectivity index (χ1n) is 13.2. The number of fused-ring (bicyclic) bond motifs is 1. The summed E-state index contributed by atoms with van der Waals surface area (Å²) >= 11 is 1.42. The highest BCUT2D eigenvalue weighted by atomic mass is 32.2. The maximum Gasteiger partial charge on any atom is 0.262 e. The zero-order chi connectivity index (χ0) is 23.8. The van der Waals surface area contributed by atoms with Crippen molar-refractivity contribution < 1.29 is 9.53 Å². The third-order valence-electron chi connectivity index (χ3n) is 7.25. The van der Waals surface area contributed by atoms with Crippen molar-refractivity contribution in [2.75, 3.05) is 19.0 Å². The molecule has 2 aliphatic rings. The highest BCUT2D eigenvalue weighted by Gasteiger charge is 2.32. The fourth-order valence-corrected chi connectivity index (χ4v) is 6.44. The molecule has 0 spiro atoms. The number of ether oxygens (including phenoxy) is 1. The Balaban J connectivity index is 1.53. The molecule has 0 unspecified atom stereocenters. The fourth-order valence-electron chi connectivity index (χ4n) is 5.55. The van der Waals surface area contributed by atoms with Gasteiger partial charge in [-0.15, -0.1) is 0 Å². The predicted octanol–water partition coefficient (Wildman–Crippen LogP) is 5.41. The van der Waals surface area contributed by atoms with Crippen LogP contribution in [0.25, 0.3) is 10.9 Å². The molecule has 1 heterocycles. The first kappa shape index (κ1) is 25.2. The minimum absolute atomic E-state index is 0.0338. The molecular weight excluding hydrogens is 446 g/mol. The lowest BCUT2D eigenvalue weighted by Crippen LogP contribution is -2.49. The van der Waals surface area contributed by atoms with Crippen LogP contribution in [-0.4, -0.2) is 51.4 Å². The van der Waals surface area contributed by atoms with Gasteiger partial charge in [0.1, 0.15) is 0 Å². The van der Waals surface area contributed by atoms with Gasteiger partial charge in [-0.2, -0.15) is 0 Å². The molecule has 4 rings (SSSR count). The summed E-state index contributed by atoms with van der Waals surface area (Å²) in [7, 11) is 0. The number of carbonyl (C=O) groups is 1. The van der Waals surface area contributed by atoms with Crippen LogP contribution in [0.5, 0.6) is 0 Å². The molecule has 2 saturated carbocycles. The molecule has 0 atom stereocenters. The SMILES string of the molecule is CCOCCCn1c(SCC(=O)N(C2CCCCC2)C2CCCCC2)nc2ccccc2c1=O. The van der Waals surface area contributed by atoms with E-state index in [0.29, 0.717) is 53.7 Å². The second-order valence-corrected chi connectivity index (χ2v) is 10.5. The zero-order valence-corrected chi connectivity index (χ0v) is 21.4. The Morgan fingerprint density at radius 1 is 1.06 bits per heavy atom. The second kappa shape index (κ2) is 12.7. The van der Waals surface area contributed by atoms with Gasteiger partial charge in [-0.05, 0) is 51.2 Å². The summed E-state index contributed by atoms with van der Waals surface area (Å²) in [5.74, 6) is 0.551. The Kier molecular flexibility index (Phi) is 9.45. The molecule has 2 fully saturated rings. The number of nitrogens with zero attached hydrogens (tertiary/aromatic N) is 3. The molecule has 7 heteroatoms. The van der Waals surface area contributed by atoms with Crippen molar-refractivity contribution in [1.82, 2.24) is 14.5 Å². The topological polar surface area (TPSA) is 64.4 Å². The molecule has 0 N–H and O–H groups in total. The Labute approximate surface area is 207 Å². The number of carbonyl (C=O) groups excluding carboxylic acids is 1. The van der Waals surface area contributed by atoms with E-state index in [9.17, 15) is 9.59 Å². The van der Waals surface area contributed by atoms with Crippen molar-refractivity contribution in [3.8, 4) is 0 Å². The lowest BCUT2D eigenvalue weighted by Gasteiger charge is -2.41. The van der Waals surface area contributed by atoms with Crippen LogP contribution < -0.4 is 5.56 Å². The van der Waals surface area contributed by atoms with E-state index in [1.807, 2.05) is 31.2 Å². The van der Waals surface area contributed by atoms with Gasteiger partial charge in [-0.1, -0.05) is 62.4 Å². The van der Waals surface area contributed by atoms with E-state index in [4.69, 9.17) is 9.72 Å². The summed E-state index contributed by atoms with van der Waals surface area (Å²) in [6.07, 6.45) is 12.7. The van der Waals surface area contributed by atoms with Crippen LogP contribution in [0.15, 0.2) is 34.2 Å². The summed E-state index contributed by atoms with van der Waals surface area (Å²) in [4.78, 5) is 34.0. The van der Waals surface area contributed by atoms with E-state index in [1.165, 1.54) is 50.3 Å². The van der Waals surface area contributed by atoms with E-state index >= 15 is 0 Å². The number of benzene rings is 1. The minimum atomic E-state index is -0.0338. The highest BCUT2D eigenvalue weighted by Crippen LogP contribution is 2.31. The largest absolute Gasteiger partial charge is 0.382 e. The number of rotatable bonds is 10. The van der Waals surface area contributed by atoms with Gasteiger partial charge in [0.05, 0.1) is 16.7 Å². The quantitative estimate of drug-likeness (QED) is 0.256. The third kappa shape index (κ3) is 6.22. The van der Waals surface area contributed by atoms with Gasteiger partial charge in [0.2, 0.25) is 5.91 Å². The van der Waals surface area contributed by atoms with Crippen LogP contribution in [0.3, 0.4) is 0 Å². The average molecular weight is 486 g/mol. The van der Waals surface area contributed by atoms with Crippen LogP contribution in [0.1, 0.15) is 77.6 Å². The van der Waals surface area contributed by atoms with Gasteiger partial charge in [-0.3, -0.25) is 14.2 Å². The van der Waals surface area contributed by atoms with Crippen molar-refractivity contribution in [3.05, 3.63) is 34.6 Å². The minimum Gasteiger partial charge on any atom is -0.382 e. The summed E-state index contributed by atoms with van der Waals surface area (Å²) in [6, 6.07) is 8.24. The van der Waals surface area contributed by atoms with Crippen molar-refractivity contribution in [3.63, 3.8) is 0 Å². The number of para-hydroxylation sites is 1. The Bertz CT molecular complexity index is 978. The molecule has 1 aromatic carbocycles. The van der Waals surface area contributed by atoms with Crippen molar-refractivity contribution in [2.45, 2.75) is 101 Å². The Morgan fingerprint density at radius 3 is 2.35 bits per heavy atom. The molecular formula is C27H39N3O3S. The van der Waals surface area contributed by atoms with Crippen LogP contribution in [0, 0.1) is 0 Å². The van der Waals surface area contributed by atoms with Gasteiger partial charge in [0, 0.05) is 31.8 Å². The van der Waals surface area contributed by atoms with Gasteiger partial charge in [-0.25, -0.2) is 4.98 Å². The molecule has 0 aliphatic heterocycles. The van der Waals surface area contributed by atoms with E-state index in [2.05, 4.69) is 4.90 Å². The van der Waals surface area contributed by atoms with Crippen molar-refractivity contribution in [1.29, 1.82) is 0 Å². The number of hydrogen-bond donors (Lipinski definition) is 0. The average Bonchev–Trinajstić information content (AvgIpc) is 2.88. The van der Waals surface area contributed by atoms with Gasteiger partial charge >= 0.3 is 0 Å². The van der Waals surface area contributed by atoms with Crippen LogP contribution >= 0.6 is 11.8 Å². The molecule has 0 radical (unpaired) electrons. The Morgan fingerprint density at radius 2 is 1.71 bits per heavy atom. The van der Waals surface area contributed by atoms with E-state index in [0.717, 1.165) is 32.1 Å². The predicted molar refractivity (Wildman–Crippen MR) is 138 cm³/mol. The maximum absolute atomic E-state index is 13.6. The van der Waals surface area contributed by atoms with Crippen molar-refractivity contribution >= 4 is 28.6 Å². The third-order valence-corrected chi connectivity index (χ3v) is 8.21. The monoisotopic (exact) mass is 485 g/mol. The molecule has 34 heavy (non-hydrogen) atoms. The van der Waals surface area contributed by atoms with Gasteiger partial charge in [0.25, 0.3) is 5.56 Å². The summed E-state index contributed by atoms with van der Waals surface area (Å²) in [5.41, 5.74) is 0.661. The van der Waals surface area contributed by atoms with Crippen LogP contribution in [-0.2, 0) is 16.1 Å². The summed E-state index contributed by atoms with van der Waals surface area (Å²) < 4.78 is 7.22. The number of thioether (sulfide) groups is 1.